The number of nitrogens with zero attached hydrogens (tertiary/aromatic N) is 1. The molecule has 110 valence electrons. The Bertz CT molecular complexity index is 482. The number of pyridine rings is 1. The van der Waals surface area contributed by atoms with Gasteiger partial charge >= 0.3 is 0 Å². The van der Waals surface area contributed by atoms with Crippen LogP contribution < -0.4 is 21.9 Å². The lowest BCUT2D eigenvalue weighted by Crippen LogP contribution is -2.42. The van der Waals surface area contributed by atoms with E-state index in [9.17, 15) is 9.59 Å². The fraction of sp³-hybridized carbons (Fsp3) is 0.462. The maximum absolute atomic E-state index is 11.9. The Morgan fingerprint density at radius 3 is 2.65 bits per heavy atom. The summed E-state index contributed by atoms with van der Waals surface area (Å²) in [5.74, 6) is 4.89. The minimum atomic E-state index is -0.302. The lowest BCUT2D eigenvalue weighted by Gasteiger charge is -2.20. The Morgan fingerprint density at radius 1 is 1.35 bits per heavy atom. The fourth-order valence-corrected chi connectivity index (χ4v) is 1.57. The van der Waals surface area contributed by atoms with Crippen molar-refractivity contribution in [3.8, 4) is 0 Å². The van der Waals surface area contributed by atoms with E-state index in [1.807, 2.05) is 20.8 Å². The molecule has 0 aliphatic carbocycles. The van der Waals surface area contributed by atoms with E-state index in [4.69, 9.17) is 5.84 Å². The van der Waals surface area contributed by atoms with Gasteiger partial charge < -0.3 is 16.1 Å². The van der Waals surface area contributed by atoms with E-state index in [-0.39, 0.29) is 30.3 Å². The number of hydrogen-bond acceptors (Lipinski definition) is 5. The van der Waals surface area contributed by atoms with Crippen LogP contribution in [0.4, 0.5) is 5.69 Å². The highest BCUT2D eigenvalue weighted by atomic mass is 16.2. The largest absolute Gasteiger partial charge is 0.351 e. The lowest BCUT2D eigenvalue weighted by atomic mass is 10.1. The smallest absolute Gasteiger partial charge is 0.253 e. The third-order valence-corrected chi connectivity index (χ3v) is 2.37. The predicted octanol–water partition coefficient (Wildman–Crippen LogP) is 0.402. The molecule has 0 unspecified atom stereocenters. The molecule has 20 heavy (non-hydrogen) atoms. The molecule has 1 heterocycles. The summed E-state index contributed by atoms with van der Waals surface area (Å²) in [6.45, 7) is 5.96. The highest BCUT2D eigenvalue weighted by Crippen LogP contribution is 2.11. The second-order valence-electron chi connectivity index (χ2n) is 5.37. The molecule has 2 amide bonds. The molecule has 5 N–H and O–H groups in total. The summed E-state index contributed by atoms with van der Waals surface area (Å²) in [6.07, 6.45) is 3.18. The number of hydrazine groups is 1. The van der Waals surface area contributed by atoms with Gasteiger partial charge in [-0.1, -0.05) is 0 Å². The summed E-state index contributed by atoms with van der Waals surface area (Å²) in [7, 11) is 0. The van der Waals surface area contributed by atoms with Crippen molar-refractivity contribution in [2.75, 3.05) is 12.0 Å². The molecule has 0 saturated heterocycles. The van der Waals surface area contributed by atoms with Crippen molar-refractivity contribution in [1.29, 1.82) is 0 Å². The molecule has 1 aromatic rings. The van der Waals surface area contributed by atoms with E-state index >= 15 is 0 Å². The first-order chi connectivity index (χ1) is 9.33. The highest BCUT2D eigenvalue weighted by Gasteiger charge is 2.14. The maximum atomic E-state index is 11.9. The number of carbonyl (C=O) groups is 2. The zero-order valence-electron chi connectivity index (χ0n) is 12.0. The monoisotopic (exact) mass is 279 g/mol. The van der Waals surface area contributed by atoms with Gasteiger partial charge in [0.15, 0.2) is 0 Å². The molecule has 0 aliphatic heterocycles. The van der Waals surface area contributed by atoms with Crippen LogP contribution in [0.3, 0.4) is 0 Å². The van der Waals surface area contributed by atoms with Gasteiger partial charge in [0.05, 0.1) is 17.4 Å². The summed E-state index contributed by atoms with van der Waals surface area (Å²) >= 11 is 0. The van der Waals surface area contributed by atoms with Crippen molar-refractivity contribution in [2.45, 2.75) is 32.7 Å². The van der Waals surface area contributed by atoms with Crippen LogP contribution in [0.15, 0.2) is 18.5 Å². The van der Waals surface area contributed by atoms with E-state index < -0.39 is 0 Å². The molecule has 1 aromatic heterocycles. The quantitative estimate of drug-likeness (QED) is 0.461. The molecule has 0 aromatic carbocycles. The molecule has 0 spiro atoms. The van der Waals surface area contributed by atoms with Crippen molar-refractivity contribution in [3.05, 3.63) is 24.0 Å². The number of anilines is 1. The standard InChI is InChI=1S/C13H21N5O2/c1-13(2,3)17-11(19)5-7-16-12(20)9-4-6-15-8-10(9)18-14/h4,6,8,18H,5,7,14H2,1-3H3,(H,16,20)(H,17,19). The molecule has 0 bridgehead atoms. The van der Waals surface area contributed by atoms with Crippen LogP contribution in [0, 0.1) is 0 Å². The number of rotatable bonds is 5. The average molecular weight is 279 g/mol. The number of carbonyl (C=O) groups excluding carboxylic acids is 2. The van der Waals surface area contributed by atoms with Gasteiger partial charge in [0.2, 0.25) is 5.91 Å². The molecular weight excluding hydrogens is 258 g/mol. The number of amides is 2. The van der Waals surface area contributed by atoms with Gasteiger partial charge in [0, 0.05) is 24.7 Å². The zero-order valence-corrected chi connectivity index (χ0v) is 12.0. The number of nitrogens with one attached hydrogen (secondary N) is 3. The normalized spacial score (nSPS) is 10.8. The van der Waals surface area contributed by atoms with Crippen molar-refractivity contribution in [3.63, 3.8) is 0 Å². The molecule has 7 nitrogen and oxygen atoms in total. The molecule has 1 rings (SSSR count). The van der Waals surface area contributed by atoms with Gasteiger partial charge in [-0.2, -0.15) is 0 Å². The van der Waals surface area contributed by atoms with Crippen LogP contribution >= 0.6 is 0 Å². The number of aromatic nitrogens is 1. The summed E-state index contributed by atoms with van der Waals surface area (Å²) in [5.41, 5.74) is 2.95. The first-order valence-electron chi connectivity index (χ1n) is 6.33. The van der Waals surface area contributed by atoms with Crippen molar-refractivity contribution in [1.82, 2.24) is 15.6 Å². The minimum Gasteiger partial charge on any atom is -0.351 e. The van der Waals surface area contributed by atoms with Crippen LogP contribution in [0.25, 0.3) is 0 Å². The van der Waals surface area contributed by atoms with Crippen LogP contribution in [0.1, 0.15) is 37.6 Å². The lowest BCUT2D eigenvalue weighted by molar-refractivity contribution is -0.122. The van der Waals surface area contributed by atoms with Gasteiger partial charge in [-0.05, 0) is 26.8 Å². The van der Waals surface area contributed by atoms with Crippen LogP contribution in [0.5, 0.6) is 0 Å². The Balaban J connectivity index is 2.46. The molecule has 0 atom stereocenters. The zero-order chi connectivity index (χ0) is 15.2. The van der Waals surface area contributed by atoms with Gasteiger partial charge in [-0.3, -0.25) is 20.4 Å². The topological polar surface area (TPSA) is 109 Å². The SMILES string of the molecule is CC(C)(C)NC(=O)CCNC(=O)c1ccncc1NN. The second-order valence-corrected chi connectivity index (χ2v) is 5.37. The fourth-order valence-electron chi connectivity index (χ4n) is 1.57. The first-order valence-corrected chi connectivity index (χ1v) is 6.33. The molecule has 0 fully saturated rings. The molecule has 7 heteroatoms. The molecule has 0 radical (unpaired) electrons. The first kappa shape index (κ1) is 15.9. The van der Waals surface area contributed by atoms with Gasteiger partial charge in [-0.15, -0.1) is 0 Å². The van der Waals surface area contributed by atoms with Crippen molar-refractivity contribution < 1.29 is 9.59 Å². The molecule has 0 aliphatic rings. The predicted molar refractivity (Wildman–Crippen MR) is 76.9 cm³/mol. The summed E-state index contributed by atoms with van der Waals surface area (Å²) in [4.78, 5) is 27.4. The highest BCUT2D eigenvalue weighted by molar-refractivity contribution is 5.99. The Hall–Kier alpha value is -2.15. The number of nitrogen functional groups attached to an aromatic ring is 1. The van der Waals surface area contributed by atoms with E-state index in [2.05, 4.69) is 21.0 Å². The van der Waals surface area contributed by atoms with E-state index in [0.29, 0.717) is 11.3 Å². The van der Waals surface area contributed by atoms with E-state index in [1.54, 1.807) is 6.07 Å². The Morgan fingerprint density at radius 2 is 2.05 bits per heavy atom. The Kier molecular flexibility index (Phi) is 5.45. The number of nitrogens with two attached hydrogens (primary N) is 1. The van der Waals surface area contributed by atoms with E-state index in [0.717, 1.165) is 0 Å². The summed E-state index contributed by atoms with van der Waals surface area (Å²) < 4.78 is 0. The average Bonchev–Trinajstić information content (AvgIpc) is 2.36. The number of hydrogen-bond donors (Lipinski definition) is 4. The third-order valence-electron chi connectivity index (χ3n) is 2.37. The molecule has 0 saturated carbocycles. The summed E-state index contributed by atoms with van der Waals surface area (Å²) in [5, 5.41) is 5.49. The third kappa shape index (κ3) is 5.23. The van der Waals surface area contributed by atoms with Crippen molar-refractivity contribution in [2.24, 2.45) is 5.84 Å². The van der Waals surface area contributed by atoms with Gasteiger partial charge in [-0.25, -0.2) is 0 Å². The minimum absolute atomic E-state index is 0.107. The van der Waals surface area contributed by atoms with Crippen LogP contribution in [-0.4, -0.2) is 28.9 Å². The van der Waals surface area contributed by atoms with Crippen molar-refractivity contribution >= 4 is 17.5 Å². The van der Waals surface area contributed by atoms with Crippen LogP contribution in [0.2, 0.25) is 0 Å². The van der Waals surface area contributed by atoms with E-state index in [1.165, 1.54) is 12.4 Å². The Labute approximate surface area is 118 Å². The van der Waals surface area contributed by atoms with Crippen LogP contribution in [-0.2, 0) is 4.79 Å². The second kappa shape index (κ2) is 6.85. The molecular formula is C13H21N5O2. The van der Waals surface area contributed by atoms with Gasteiger partial charge in [0.1, 0.15) is 0 Å². The maximum Gasteiger partial charge on any atom is 0.253 e. The van der Waals surface area contributed by atoms with Gasteiger partial charge in [0.25, 0.3) is 5.91 Å². The summed E-state index contributed by atoms with van der Waals surface area (Å²) in [6, 6.07) is 1.56.